The van der Waals surface area contributed by atoms with E-state index in [9.17, 15) is 0 Å². The van der Waals surface area contributed by atoms with Gasteiger partial charge in [-0.3, -0.25) is 0 Å². The van der Waals surface area contributed by atoms with Gasteiger partial charge in [-0.2, -0.15) is 0 Å². The molecule has 0 aliphatic carbocycles. The standard InChI is InChI=1S/C15H30N2O4.C11H19BrO4.C11H20O5.C8H18O5.C3H3Br/c1-4-8-18-10-12-20-14-15-21-13-11-19-9-6-16-5-7-17(2)3;2*1-2-4-13-6-8-15-10-11-16-9-7-14-5-3-12;9-1-3-11-5-7-13-8-6-12-4-2-10;1-2-3-4/h1,16H,5-15H2,2-3H3;1H,3-11H2;1,12H,3-11H2;9-10H,1-8H2;1H,3H2. The second-order valence-electron chi connectivity index (χ2n) is 12.9. The fourth-order valence-corrected chi connectivity index (χ4v) is 3.96. The van der Waals surface area contributed by atoms with Gasteiger partial charge in [0.2, 0.25) is 0 Å². The molecule has 0 saturated carbocycles. The minimum atomic E-state index is 0.0413. The van der Waals surface area contributed by atoms with Gasteiger partial charge in [-0.25, -0.2) is 0 Å². The largest absolute Gasteiger partial charge is 0.394 e. The highest BCUT2D eigenvalue weighted by atomic mass is 79.9. The van der Waals surface area contributed by atoms with Crippen LogP contribution in [-0.2, 0) is 71.1 Å². The Labute approximate surface area is 438 Å². The molecule has 0 radical (unpaired) electrons. The van der Waals surface area contributed by atoms with Gasteiger partial charge in [-0.1, -0.05) is 55.5 Å². The topological polar surface area (TPSA) is 214 Å². The molecule has 0 aliphatic heterocycles. The predicted molar refractivity (Wildman–Crippen MR) is 278 cm³/mol. The molecule has 0 amide bonds. The van der Waals surface area contributed by atoms with E-state index >= 15 is 0 Å². The lowest BCUT2D eigenvalue weighted by Gasteiger charge is -2.10. The number of alkyl halides is 2. The number of nitrogens with zero attached hydrogens (tertiary/aromatic N) is 1. The van der Waals surface area contributed by atoms with E-state index < -0.39 is 0 Å². The average molecular weight is 1140 g/mol. The number of aliphatic hydroxyl groups is 3. The normalized spacial score (nSPS) is 10.2. The van der Waals surface area contributed by atoms with Gasteiger partial charge < -0.3 is 96.6 Å². The van der Waals surface area contributed by atoms with Crippen molar-refractivity contribution in [3.8, 4) is 49.4 Å². The molecule has 0 spiro atoms. The van der Waals surface area contributed by atoms with Crippen molar-refractivity contribution in [1.82, 2.24) is 10.2 Å². The third kappa shape index (κ3) is 99.6. The molecule has 0 fully saturated rings. The van der Waals surface area contributed by atoms with Gasteiger partial charge >= 0.3 is 0 Å². The molecule has 0 unspecified atom stereocenters. The first-order valence-electron chi connectivity index (χ1n) is 23.1. The van der Waals surface area contributed by atoms with E-state index in [1.54, 1.807) is 0 Å². The number of hydrogen-bond acceptors (Lipinski definition) is 20. The molecule has 22 heteroatoms. The summed E-state index contributed by atoms with van der Waals surface area (Å²) < 4.78 is 77.4. The van der Waals surface area contributed by atoms with Crippen molar-refractivity contribution in [3.05, 3.63) is 0 Å². The molecule has 414 valence electrons. The molecule has 0 heterocycles. The van der Waals surface area contributed by atoms with Crippen molar-refractivity contribution < 1.29 is 86.4 Å². The molecule has 0 aliphatic rings. The minimum absolute atomic E-state index is 0.0413. The lowest BCUT2D eigenvalue weighted by molar-refractivity contribution is -0.00291. The van der Waals surface area contributed by atoms with Gasteiger partial charge in [-0.15, -0.1) is 25.7 Å². The van der Waals surface area contributed by atoms with Crippen LogP contribution >= 0.6 is 31.9 Å². The van der Waals surface area contributed by atoms with Crippen molar-refractivity contribution in [2.45, 2.75) is 0 Å². The fraction of sp³-hybridized carbons (Fsp3) is 0.833. The van der Waals surface area contributed by atoms with Crippen LogP contribution in [0.1, 0.15) is 0 Å². The number of likely N-dealkylation sites (N-methyl/N-ethyl adjacent to an activating group) is 1. The maximum Gasteiger partial charge on any atom is 0.107 e. The van der Waals surface area contributed by atoms with Gasteiger partial charge in [0.1, 0.15) is 19.8 Å². The molecule has 0 saturated heterocycles. The van der Waals surface area contributed by atoms with Crippen molar-refractivity contribution in [2.24, 2.45) is 0 Å². The zero-order valence-electron chi connectivity index (χ0n) is 42.3. The Balaban J connectivity index is -0.000000264. The summed E-state index contributed by atoms with van der Waals surface area (Å²) in [5.41, 5.74) is 0. The molecular formula is C48H90Br2N2O18. The Bertz CT molecular complexity index is 1020. The Morgan fingerprint density at radius 2 is 0.571 bits per heavy atom. The van der Waals surface area contributed by atoms with E-state index in [-0.39, 0.29) is 19.8 Å². The number of nitrogens with one attached hydrogen (secondary N) is 1. The van der Waals surface area contributed by atoms with Gasteiger partial charge in [0.15, 0.2) is 0 Å². The summed E-state index contributed by atoms with van der Waals surface area (Å²) in [6.07, 6.45) is 19.8. The maximum atomic E-state index is 8.42. The first kappa shape index (κ1) is 77.3. The predicted octanol–water partition coefficient (Wildman–Crippen LogP) is 0.632. The lowest BCUT2D eigenvalue weighted by atomic mass is 10.5. The molecule has 0 aromatic carbocycles. The third-order valence-corrected chi connectivity index (χ3v) is 7.46. The Morgan fingerprint density at radius 3 is 0.786 bits per heavy atom. The first-order valence-corrected chi connectivity index (χ1v) is 25.4. The van der Waals surface area contributed by atoms with Crippen molar-refractivity contribution in [3.63, 3.8) is 0 Å². The van der Waals surface area contributed by atoms with Gasteiger partial charge in [0.05, 0.1) is 204 Å². The van der Waals surface area contributed by atoms with E-state index in [4.69, 9.17) is 112 Å². The molecule has 0 aromatic rings. The van der Waals surface area contributed by atoms with Crippen LogP contribution in [0.25, 0.3) is 0 Å². The van der Waals surface area contributed by atoms with Crippen LogP contribution in [0.2, 0.25) is 0 Å². The SMILES string of the molecule is C#CCBr.C#CCOCCOCCOCCOCCBr.C#CCOCCOCCOCCOCCNCCN(C)C.C#CCOCCOCCOCCOCCO.OCCOCCOCCOCCO. The van der Waals surface area contributed by atoms with Crippen LogP contribution in [0, 0.1) is 49.4 Å². The number of terminal acetylenes is 4. The monoisotopic (exact) mass is 1140 g/mol. The summed E-state index contributed by atoms with van der Waals surface area (Å²) in [6.45, 7) is 18.4. The highest BCUT2D eigenvalue weighted by Crippen LogP contribution is 1.87. The number of ether oxygens (including phenoxy) is 15. The van der Waals surface area contributed by atoms with E-state index in [1.165, 1.54) is 0 Å². The number of aliphatic hydroxyl groups excluding tert-OH is 3. The maximum absolute atomic E-state index is 8.42. The second kappa shape index (κ2) is 84.2. The second-order valence-corrected chi connectivity index (χ2v) is 14.2. The molecule has 0 rings (SSSR count). The van der Waals surface area contributed by atoms with Crippen molar-refractivity contribution in [1.29, 1.82) is 0 Å². The van der Waals surface area contributed by atoms with Crippen LogP contribution in [0.5, 0.6) is 0 Å². The molecular weight excluding hydrogens is 1050 g/mol. The molecule has 20 nitrogen and oxygen atoms in total. The van der Waals surface area contributed by atoms with Crippen LogP contribution in [0.4, 0.5) is 0 Å². The minimum Gasteiger partial charge on any atom is -0.394 e. The van der Waals surface area contributed by atoms with Crippen LogP contribution < -0.4 is 5.32 Å². The van der Waals surface area contributed by atoms with Crippen LogP contribution in [0.15, 0.2) is 0 Å². The number of rotatable bonds is 50. The van der Waals surface area contributed by atoms with Crippen LogP contribution in [-0.4, -0.2) is 283 Å². The Kier molecular flexibility index (Phi) is 93.0. The zero-order valence-corrected chi connectivity index (χ0v) is 45.5. The summed E-state index contributed by atoms with van der Waals surface area (Å²) in [5, 5.41) is 30.0. The first-order chi connectivity index (χ1) is 34.4. The summed E-state index contributed by atoms with van der Waals surface area (Å²) in [6, 6.07) is 0. The average Bonchev–Trinajstić information content (AvgIpc) is 3.37. The van der Waals surface area contributed by atoms with E-state index in [0.29, 0.717) is 204 Å². The molecule has 70 heavy (non-hydrogen) atoms. The third-order valence-electron chi connectivity index (χ3n) is 6.81. The smallest absolute Gasteiger partial charge is 0.107 e. The summed E-state index contributed by atoms with van der Waals surface area (Å²) in [4.78, 5) is 2.14. The highest BCUT2D eigenvalue weighted by Gasteiger charge is 1.96. The van der Waals surface area contributed by atoms with E-state index in [2.05, 4.69) is 79.9 Å². The number of halogens is 2. The Morgan fingerprint density at radius 1 is 0.343 bits per heavy atom. The number of hydrogen-bond donors (Lipinski definition) is 4. The summed E-state index contributed by atoms with van der Waals surface area (Å²) in [7, 11) is 4.12. The highest BCUT2D eigenvalue weighted by molar-refractivity contribution is 9.09. The quantitative estimate of drug-likeness (QED) is 0.0374. The lowest BCUT2D eigenvalue weighted by Crippen LogP contribution is -2.29. The summed E-state index contributed by atoms with van der Waals surface area (Å²) in [5.74, 6) is 9.50. The van der Waals surface area contributed by atoms with Gasteiger partial charge in [0.25, 0.3) is 0 Å². The molecule has 4 N–H and O–H groups in total. The van der Waals surface area contributed by atoms with E-state index in [1.807, 2.05) is 0 Å². The van der Waals surface area contributed by atoms with Crippen molar-refractivity contribution >= 4 is 31.9 Å². The molecule has 0 atom stereocenters. The summed E-state index contributed by atoms with van der Waals surface area (Å²) >= 11 is 6.28. The Hall–Kier alpha value is -1.60. The van der Waals surface area contributed by atoms with Crippen LogP contribution in [0.3, 0.4) is 0 Å². The molecule has 0 aromatic heterocycles. The zero-order chi connectivity index (χ0) is 52.6. The fourth-order valence-electron chi connectivity index (χ4n) is 3.73. The molecule has 0 bridgehead atoms. The van der Waals surface area contributed by atoms with Gasteiger partial charge in [-0.05, 0) is 14.1 Å². The van der Waals surface area contributed by atoms with Gasteiger partial charge in [0, 0.05) is 25.0 Å². The van der Waals surface area contributed by atoms with Crippen molar-refractivity contribution in [2.75, 3.05) is 262 Å². The van der Waals surface area contributed by atoms with E-state index in [0.717, 1.165) is 25.0 Å².